The molecule has 146 valence electrons. The average Bonchev–Trinajstić information content (AvgIpc) is 3.31. The maximum atomic E-state index is 13.5. The number of amides is 1. The summed E-state index contributed by atoms with van der Waals surface area (Å²) in [6.07, 6.45) is 4.74. The monoisotopic (exact) mass is 377 g/mol. The van der Waals surface area contributed by atoms with Crippen LogP contribution in [0.5, 0.6) is 0 Å². The van der Waals surface area contributed by atoms with Crippen molar-refractivity contribution in [1.82, 2.24) is 24.6 Å². The number of benzene rings is 1. The number of aryl methyl sites for hydroxylation is 3. The van der Waals surface area contributed by atoms with E-state index < -0.39 is 0 Å². The highest BCUT2D eigenvalue weighted by atomic mass is 16.2. The lowest BCUT2D eigenvalue weighted by molar-refractivity contribution is 0.0739. The highest BCUT2D eigenvalue weighted by Crippen LogP contribution is 2.29. The molecule has 1 aliphatic heterocycles. The molecule has 0 N–H and O–H groups in total. The summed E-state index contributed by atoms with van der Waals surface area (Å²) in [5.41, 5.74) is 5.59. The van der Waals surface area contributed by atoms with Crippen LogP contribution in [0.15, 0.2) is 30.6 Å². The first-order valence-corrected chi connectivity index (χ1v) is 9.71. The third-order valence-electron chi connectivity index (χ3n) is 5.97. The zero-order valence-corrected chi connectivity index (χ0v) is 17.2. The van der Waals surface area contributed by atoms with Crippen LogP contribution >= 0.6 is 0 Å². The molecule has 1 unspecified atom stereocenters. The fourth-order valence-electron chi connectivity index (χ4n) is 3.99. The summed E-state index contributed by atoms with van der Waals surface area (Å²) in [6.45, 7) is 6.09. The minimum Gasteiger partial charge on any atom is -0.337 e. The van der Waals surface area contributed by atoms with Gasteiger partial charge in [0.1, 0.15) is 0 Å². The van der Waals surface area contributed by atoms with E-state index in [0.717, 1.165) is 47.2 Å². The number of aromatic nitrogens is 3. The van der Waals surface area contributed by atoms with Crippen LogP contribution in [0, 0.1) is 13.8 Å². The third-order valence-corrected chi connectivity index (χ3v) is 5.97. The van der Waals surface area contributed by atoms with Gasteiger partial charge < -0.3 is 9.80 Å². The molecule has 6 nitrogen and oxygen atoms in total. The second kappa shape index (κ2) is 7.02. The van der Waals surface area contributed by atoms with Crippen LogP contribution in [0.2, 0.25) is 0 Å². The van der Waals surface area contributed by atoms with Crippen molar-refractivity contribution < 1.29 is 4.79 Å². The molecule has 0 radical (unpaired) electrons. The molecule has 0 bridgehead atoms. The second-order valence-corrected chi connectivity index (χ2v) is 7.98. The molecule has 1 aromatic carbocycles. The van der Waals surface area contributed by atoms with Crippen molar-refractivity contribution in [2.75, 3.05) is 27.2 Å². The minimum absolute atomic E-state index is 0.0566. The van der Waals surface area contributed by atoms with Gasteiger partial charge in [0.2, 0.25) is 0 Å². The summed E-state index contributed by atoms with van der Waals surface area (Å²) >= 11 is 0. The van der Waals surface area contributed by atoms with E-state index in [4.69, 9.17) is 4.98 Å². The Kier molecular flexibility index (Phi) is 4.67. The molecule has 3 heterocycles. The molecule has 1 fully saturated rings. The van der Waals surface area contributed by atoms with E-state index in [0.29, 0.717) is 5.56 Å². The Hall–Kier alpha value is -2.73. The average molecular weight is 377 g/mol. The lowest BCUT2D eigenvalue weighted by Crippen LogP contribution is -2.38. The van der Waals surface area contributed by atoms with Crippen LogP contribution in [0.3, 0.4) is 0 Å². The standard InChI is InChI=1S/C22H27N5O/c1-14-6-7-18-19(22(28)27(5)17-8-9-25(3)13-17)10-20(24-21(18)15(14)2)16-11-23-26(4)12-16/h6-7,10-12,17H,8-9,13H2,1-5H3. The molecule has 0 saturated carbocycles. The van der Waals surface area contributed by atoms with E-state index in [1.54, 1.807) is 10.9 Å². The quantitative estimate of drug-likeness (QED) is 0.704. The molecular formula is C22H27N5O. The lowest BCUT2D eigenvalue weighted by Gasteiger charge is -2.25. The van der Waals surface area contributed by atoms with Crippen molar-refractivity contribution >= 4 is 16.8 Å². The normalized spacial score (nSPS) is 17.4. The van der Waals surface area contributed by atoms with E-state index in [9.17, 15) is 4.79 Å². The molecule has 0 spiro atoms. The van der Waals surface area contributed by atoms with Gasteiger partial charge in [-0.2, -0.15) is 5.10 Å². The molecule has 6 heteroatoms. The SMILES string of the molecule is Cc1ccc2c(C(=O)N(C)C3CCN(C)C3)cc(-c3cnn(C)c3)nc2c1C. The number of hydrogen-bond acceptors (Lipinski definition) is 4. The maximum absolute atomic E-state index is 13.5. The largest absolute Gasteiger partial charge is 0.337 e. The van der Waals surface area contributed by atoms with Gasteiger partial charge in [0.25, 0.3) is 5.91 Å². The molecular weight excluding hydrogens is 350 g/mol. The highest BCUT2D eigenvalue weighted by molar-refractivity contribution is 6.08. The van der Waals surface area contributed by atoms with Crippen molar-refractivity contribution in [3.8, 4) is 11.3 Å². The van der Waals surface area contributed by atoms with E-state index in [1.165, 1.54) is 5.56 Å². The van der Waals surface area contributed by atoms with Crippen LogP contribution in [-0.2, 0) is 7.05 Å². The van der Waals surface area contributed by atoms with Gasteiger partial charge in [-0.3, -0.25) is 9.48 Å². The van der Waals surface area contributed by atoms with E-state index in [2.05, 4.69) is 37.0 Å². The van der Waals surface area contributed by atoms with Crippen molar-refractivity contribution in [3.63, 3.8) is 0 Å². The lowest BCUT2D eigenvalue weighted by atomic mass is 9.99. The fraction of sp³-hybridized carbons (Fsp3) is 0.409. The van der Waals surface area contributed by atoms with Gasteiger partial charge in [-0.25, -0.2) is 4.98 Å². The topological polar surface area (TPSA) is 54.3 Å². The first kappa shape index (κ1) is 18.6. The summed E-state index contributed by atoms with van der Waals surface area (Å²) < 4.78 is 1.76. The summed E-state index contributed by atoms with van der Waals surface area (Å²) in [4.78, 5) is 22.6. The minimum atomic E-state index is 0.0566. The Morgan fingerprint density at radius 1 is 1.25 bits per heavy atom. The summed E-state index contributed by atoms with van der Waals surface area (Å²) in [5, 5.41) is 5.19. The third kappa shape index (κ3) is 3.18. The number of carbonyl (C=O) groups is 1. The Morgan fingerprint density at radius 3 is 2.68 bits per heavy atom. The van der Waals surface area contributed by atoms with Crippen molar-refractivity contribution in [2.45, 2.75) is 26.3 Å². The molecule has 1 amide bonds. The van der Waals surface area contributed by atoms with Gasteiger partial charge in [-0.05, 0) is 51.1 Å². The second-order valence-electron chi connectivity index (χ2n) is 7.98. The van der Waals surface area contributed by atoms with Gasteiger partial charge in [-0.15, -0.1) is 0 Å². The number of pyridine rings is 1. The first-order valence-electron chi connectivity index (χ1n) is 9.71. The summed E-state index contributed by atoms with van der Waals surface area (Å²) in [7, 11) is 5.91. The number of likely N-dealkylation sites (N-methyl/N-ethyl adjacent to an activating group) is 2. The predicted molar refractivity (Wildman–Crippen MR) is 111 cm³/mol. The molecule has 4 rings (SSSR count). The molecule has 1 aliphatic rings. The highest BCUT2D eigenvalue weighted by Gasteiger charge is 2.28. The van der Waals surface area contributed by atoms with Crippen molar-refractivity contribution in [2.24, 2.45) is 7.05 Å². The molecule has 1 atom stereocenters. The van der Waals surface area contributed by atoms with E-state index >= 15 is 0 Å². The van der Waals surface area contributed by atoms with Crippen molar-refractivity contribution in [3.05, 3.63) is 47.3 Å². The molecule has 2 aromatic heterocycles. The van der Waals surface area contributed by atoms with Gasteiger partial charge >= 0.3 is 0 Å². The Labute approximate surface area is 165 Å². The first-order chi connectivity index (χ1) is 13.3. The number of fused-ring (bicyclic) bond motifs is 1. The number of hydrogen-bond donors (Lipinski definition) is 0. The Morgan fingerprint density at radius 2 is 2.04 bits per heavy atom. The smallest absolute Gasteiger partial charge is 0.254 e. The Balaban J connectivity index is 1.86. The van der Waals surface area contributed by atoms with Crippen molar-refractivity contribution in [1.29, 1.82) is 0 Å². The Bertz CT molecular complexity index is 1050. The van der Waals surface area contributed by atoms with Crippen LogP contribution in [0.1, 0.15) is 27.9 Å². The van der Waals surface area contributed by atoms with Crippen LogP contribution in [0.4, 0.5) is 0 Å². The summed E-state index contributed by atoms with van der Waals surface area (Å²) in [6, 6.07) is 6.27. The molecule has 1 saturated heterocycles. The van der Waals surface area contributed by atoms with Gasteiger partial charge in [0.05, 0.1) is 23.0 Å². The van der Waals surface area contributed by atoms with E-state index in [-0.39, 0.29) is 11.9 Å². The number of rotatable bonds is 3. The number of nitrogens with zero attached hydrogens (tertiary/aromatic N) is 5. The molecule has 0 aliphatic carbocycles. The van der Waals surface area contributed by atoms with Crippen LogP contribution in [-0.4, -0.2) is 63.7 Å². The van der Waals surface area contributed by atoms with Gasteiger partial charge in [0, 0.05) is 43.8 Å². The number of carbonyl (C=O) groups excluding carboxylic acids is 1. The zero-order valence-electron chi connectivity index (χ0n) is 17.2. The fourth-order valence-corrected chi connectivity index (χ4v) is 3.99. The van der Waals surface area contributed by atoms with Gasteiger partial charge in [0.15, 0.2) is 0 Å². The van der Waals surface area contributed by atoms with E-state index in [1.807, 2.05) is 37.3 Å². The van der Waals surface area contributed by atoms with Crippen LogP contribution in [0.25, 0.3) is 22.2 Å². The predicted octanol–water partition coefficient (Wildman–Crippen LogP) is 3.03. The molecule has 3 aromatic rings. The van der Waals surface area contributed by atoms with Gasteiger partial charge in [-0.1, -0.05) is 12.1 Å². The maximum Gasteiger partial charge on any atom is 0.254 e. The number of likely N-dealkylation sites (tertiary alicyclic amines) is 1. The molecule has 28 heavy (non-hydrogen) atoms. The van der Waals surface area contributed by atoms with Crippen LogP contribution < -0.4 is 0 Å². The zero-order chi connectivity index (χ0) is 20.0. The summed E-state index contributed by atoms with van der Waals surface area (Å²) in [5.74, 6) is 0.0566.